The Morgan fingerprint density at radius 3 is 3.00 bits per heavy atom. The first kappa shape index (κ1) is 6.87. The Bertz CT molecular complexity index is 201. The van der Waals surface area contributed by atoms with Gasteiger partial charge < -0.3 is 4.74 Å². The van der Waals surface area contributed by atoms with Crippen LogP contribution in [0.5, 0.6) is 5.75 Å². The lowest BCUT2D eigenvalue weighted by atomic mass is 10.3. The predicted octanol–water partition coefficient (Wildman–Crippen LogP) is 2.40. The van der Waals surface area contributed by atoms with Crippen LogP contribution in [0.15, 0.2) is 36.6 Å². The minimum Gasteiger partial charge on any atom is -0.465 e. The van der Waals surface area contributed by atoms with Gasteiger partial charge in [0.15, 0.2) is 0 Å². The van der Waals surface area contributed by atoms with Crippen LogP contribution in [0.25, 0.3) is 0 Å². The van der Waals surface area contributed by atoms with Gasteiger partial charge in [0.05, 0.1) is 6.26 Å². The molecule has 0 aliphatic carbocycles. The number of benzene rings is 1. The van der Waals surface area contributed by atoms with Crippen molar-refractivity contribution in [3.05, 3.63) is 42.7 Å². The molecule has 0 aromatic heterocycles. The standard InChI is InChI=1S/C9H9O/c1-2-8-10-9-6-4-3-5-7-9/h2-6,8H,1H3/b8-2-. The molecule has 0 heterocycles. The van der Waals surface area contributed by atoms with Gasteiger partial charge in [-0.15, -0.1) is 0 Å². The smallest absolute Gasteiger partial charge is 0.134 e. The third-order valence-electron chi connectivity index (χ3n) is 1.01. The van der Waals surface area contributed by atoms with Crippen LogP contribution in [0, 0.1) is 6.07 Å². The van der Waals surface area contributed by atoms with E-state index in [9.17, 15) is 0 Å². The molecule has 0 saturated carbocycles. The Hall–Kier alpha value is -1.24. The Labute approximate surface area is 61.0 Å². The summed E-state index contributed by atoms with van der Waals surface area (Å²) in [5.74, 6) is 0.751. The monoisotopic (exact) mass is 133 g/mol. The van der Waals surface area contributed by atoms with Gasteiger partial charge in [0.2, 0.25) is 0 Å². The summed E-state index contributed by atoms with van der Waals surface area (Å²) in [5.41, 5.74) is 0. The maximum atomic E-state index is 5.12. The largest absolute Gasteiger partial charge is 0.465 e. The van der Waals surface area contributed by atoms with E-state index < -0.39 is 0 Å². The predicted molar refractivity (Wildman–Crippen MR) is 40.7 cm³/mol. The van der Waals surface area contributed by atoms with Crippen molar-refractivity contribution in [3.8, 4) is 5.75 Å². The summed E-state index contributed by atoms with van der Waals surface area (Å²) in [6, 6.07) is 10.4. The molecule has 0 bridgehead atoms. The zero-order valence-electron chi connectivity index (χ0n) is 5.87. The van der Waals surface area contributed by atoms with Crippen LogP contribution in [-0.2, 0) is 0 Å². The van der Waals surface area contributed by atoms with Gasteiger partial charge in [-0.05, 0) is 13.0 Å². The number of rotatable bonds is 2. The third kappa shape index (κ3) is 1.94. The first-order chi connectivity index (χ1) is 4.93. The lowest BCUT2D eigenvalue weighted by Crippen LogP contribution is -1.78. The zero-order valence-corrected chi connectivity index (χ0v) is 5.87. The highest BCUT2D eigenvalue weighted by Crippen LogP contribution is 2.06. The molecule has 0 fully saturated rings. The minimum atomic E-state index is 0.751. The molecule has 0 aliphatic heterocycles. The van der Waals surface area contributed by atoms with Crippen LogP contribution in [-0.4, -0.2) is 0 Å². The minimum absolute atomic E-state index is 0.751. The van der Waals surface area contributed by atoms with Crippen LogP contribution in [0.1, 0.15) is 6.92 Å². The van der Waals surface area contributed by atoms with Crippen molar-refractivity contribution in [2.24, 2.45) is 0 Å². The highest BCUT2D eigenvalue weighted by atomic mass is 16.5. The van der Waals surface area contributed by atoms with Gasteiger partial charge >= 0.3 is 0 Å². The summed E-state index contributed by atoms with van der Waals surface area (Å²) < 4.78 is 5.12. The van der Waals surface area contributed by atoms with Crippen molar-refractivity contribution in [2.45, 2.75) is 6.92 Å². The van der Waals surface area contributed by atoms with Crippen molar-refractivity contribution in [1.29, 1.82) is 0 Å². The SMILES string of the molecule is C/C=C\Oc1[c]cccc1. The Kier molecular flexibility index (Phi) is 2.56. The molecule has 1 radical (unpaired) electrons. The molecule has 1 aromatic rings. The van der Waals surface area contributed by atoms with Crippen molar-refractivity contribution < 1.29 is 4.74 Å². The fourth-order valence-electron chi connectivity index (χ4n) is 0.592. The topological polar surface area (TPSA) is 9.23 Å². The Balaban J connectivity index is 2.59. The van der Waals surface area contributed by atoms with Gasteiger partial charge in [-0.1, -0.05) is 24.3 Å². The van der Waals surface area contributed by atoms with E-state index in [1.54, 1.807) is 6.26 Å². The van der Waals surface area contributed by atoms with Gasteiger partial charge in [-0.2, -0.15) is 0 Å². The lowest BCUT2D eigenvalue weighted by molar-refractivity contribution is 0.479. The van der Waals surface area contributed by atoms with E-state index in [4.69, 9.17) is 4.74 Å². The van der Waals surface area contributed by atoms with Gasteiger partial charge in [-0.3, -0.25) is 0 Å². The maximum absolute atomic E-state index is 5.12. The Morgan fingerprint density at radius 2 is 2.40 bits per heavy atom. The molecule has 1 rings (SSSR count). The number of hydrogen-bond acceptors (Lipinski definition) is 1. The molecule has 0 aliphatic rings. The van der Waals surface area contributed by atoms with E-state index in [0.717, 1.165) is 5.75 Å². The lowest BCUT2D eigenvalue weighted by Gasteiger charge is -1.95. The van der Waals surface area contributed by atoms with E-state index in [1.807, 2.05) is 37.3 Å². The van der Waals surface area contributed by atoms with E-state index in [0.29, 0.717) is 0 Å². The van der Waals surface area contributed by atoms with Gasteiger partial charge in [0, 0.05) is 6.07 Å². The van der Waals surface area contributed by atoms with E-state index >= 15 is 0 Å². The highest BCUT2D eigenvalue weighted by molar-refractivity contribution is 5.20. The summed E-state index contributed by atoms with van der Waals surface area (Å²) in [7, 11) is 0. The van der Waals surface area contributed by atoms with E-state index in [-0.39, 0.29) is 0 Å². The molecule has 0 unspecified atom stereocenters. The van der Waals surface area contributed by atoms with Gasteiger partial charge in [0.1, 0.15) is 5.75 Å². The summed E-state index contributed by atoms with van der Waals surface area (Å²) in [6.07, 6.45) is 3.46. The first-order valence-corrected chi connectivity index (χ1v) is 3.18. The molecule has 10 heavy (non-hydrogen) atoms. The number of ether oxygens (including phenoxy) is 1. The van der Waals surface area contributed by atoms with Gasteiger partial charge in [-0.25, -0.2) is 0 Å². The molecule has 1 aromatic carbocycles. The number of hydrogen-bond donors (Lipinski definition) is 0. The maximum Gasteiger partial charge on any atom is 0.134 e. The summed E-state index contributed by atoms with van der Waals surface area (Å²) in [6.45, 7) is 1.91. The van der Waals surface area contributed by atoms with Crippen molar-refractivity contribution in [1.82, 2.24) is 0 Å². The summed E-state index contributed by atoms with van der Waals surface area (Å²) in [5, 5.41) is 0. The molecule has 0 saturated heterocycles. The van der Waals surface area contributed by atoms with Crippen LogP contribution in [0.4, 0.5) is 0 Å². The second-order valence-corrected chi connectivity index (χ2v) is 1.81. The molecule has 51 valence electrons. The second kappa shape index (κ2) is 3.72. The summed E-state index contributed by atoms with van der Waals surface area (Å²) >= 11 is 0. The average molecular weight is 133 g/mol. The molecule has 1 nitrogen and oxygen atoms in total. The normalized spacial score (nSPS) is 10.1. The third-order valence-corrected chi connectivity index (χ3v) is 1.01. The average Bonchev–Trinajstić information content (AvgIpc) is 2.03. The zero-order chi connectivity index (χ0) is 7.23. The molecular formula is C9H9O. The highest BCUT2D eigenvalue weighted by Gasteiger charge is 1.84. The molecular weight excluding hydrogens is 124 g/mol. The van der Waals surface area contributed by atoms with E-state index in [1.165, 1.54) is 0 Å². The first-order valence-electron chi connectivity index (χ1n) is 3.18. The fourth-order valence-corrected chi connectivity index (χ4v) is 0.592. The number of allylic oxidation sites excluding steroid dienone is 1. The molecule has 0 amide bonds. The fraction of sp³-hybridized carbons (Fsp3) is 0.111. The molecule has 0 atom stereocenters. The Morgan fingerprint density at radius 1 is 1.50 bits per heavy atom. The van der Waals surface area contributed by atoms with Crippen molar-refractivity contribution >= 4 is 0 Å². The van der Waals surface area contributed by atoms with Crippen LogP contribution >= 0.6 is 0 Å². The van der Waals surface area contributed by atoms with Crippen LogP contribution < -0.4 is 4.74 Å². The summed E-state index contributed by atoms with van der Waals surface area (Å²) in [4.78, 5) is 0. The van der Waals surface area contributed by atoms with Crippen LogP contribution in [0.2, 0.25) is 0 Å². The molecule has 1 heteroatoms. The van der Waals surface area contributed by atoms with Crippen molar-refractivity contribution in [2.75, 3.05) is 0 Å². The molecule has 0 N–H and O–H groups in total. The number of para-hydroxylation sites is 1. The van der Waals surface area contributed by atoms with Gasteiger partial charge in [0.25, 0.3) is 0 Å². The van der Waals surface area contributed by atoms with Crippen LogP contribution in [0.3, 0.4) is 0 Å². The van der Waals surface area contributed by atoms with E-state index in [2.05, 4.69) is 6.07 Å². The second-order valence-electron chi connectivity index (χ2n) is 1.81. The molecule has 0 spiro atoms. The van der Waals surface area contributed by atoms with Crippen molar-refractivity contribution in [3.63, 3.8) is 0 Å². The quantitative estimate of drug-likeness (QED) is 0.563.